The summed E-state index contributed by atoms with van der Waals surface area (Å²) in [6.07, 6.45) is 5.23. The zero-order chi connectivity index (χ0) is 14.4. The van der Waals surface area contributed by atoms with Gasteiger partial charge >= 0.3 is 8.56 Å². The number of ether oxygens (including phenoxy) is 1. The van der Waals surface area contributed by atoms with E-state index in [1.54, 1.807) is 21.3 Å². The van der Waals surface area contributed by atoms with Crippen LogP contribution in [0.4, 0.5) is 0 Å². The molecule has 114 valence electrons. The van der Waals surface area contributed by atoms with E-state index >= 15 is 0 Å². The molecule has 0 radical (unpaired) electrons. The van der Waals surface area contributed by atoms with Crippen molar-refractivity contribution in [3.05, 3.63) is 0 Å². The van der Waals surface area contributed by atoms with Crippen molar-refractivity contribution in [1.29, 1.82) is 0 Å². The maximum absolute atomic E-state index is 6.07. The Bertz CT molecular complexity index is 264. The molecule has 1 saturated heterocycles. The summed E-state index contributed by atoms with van der Waals surface area (Å²) in [5.74, 6) is 1.29. The highest BCUT2D eigenvalue weighted by molar-refractivity contribution is 7.80. The second kappa shape index (κ2) is 8.00. The van der Waals surface area contributed by atoms with Crippen LogP contribution in [0.15, 0.2) is 0 Å². The molecule has 0 aliphatic carbocycles. The molecule has 0 aromatic carbocycles. The van der Waals surface area contributed by atoms with Crippen LogP contribution in [0.1, 0.15) is 32.1 Å². The quantitative estimate of drug-likeness (QED) is 0.533. The van der Waals surface area contributed by atoms with Gasteiger partial charge in [0.15, 0.2) is 0 Å². The summed E-state index contributed by atoms with van der Waals surface area (Å²) in [5.41, 5.74) is 5.80. The largest absolute Gasteiger partial charge is 0.396 e. The Hall–Kier alpha value is 0.407. The van der Waals surface area contributed by atoms with Gasteiger partial charge in [0.05, 0.1) is 0 Å². The number of hydrogen-bond donors (Lipinski definition) is 2. The van der Waals surface area contributed by atoms with Crippen LogP contribution in [0.5, 0.6) is 0 Å². The minimum Gasteiger partial charge on any atom is -0.396 e. The van der Waals surface area contributed by atoms with Crippen LogP contribution in [-0.2, 0) is 13.6 Å². The standard InChI is InChI=1S/C13H29NO3SSi/c1-15-13(8-5-10-18)12(7-9-14)6-4-11-19(13,16-2)17-3/h12,18H,4-11,14H2,1-3H3. The van der Waals surface area contributed by atoms with E-state index in [0.717, 1.165) is 43.9 Å². The highest BCUT2D eigenvalue weighted by Gasteiger charge is 2.62. The smallest absolute Gasteiger partial charge is 0.371 e. The molecular formula is C13H29NO3SSi. The minimum absolute atomic E-state index is 0.281. The molecule has 1 rings (SSSR count). The van der Waals surface area contributed by atoms with E-state index < -0.39 is 8.56 Å². The fourth-order valence-electron chi connectivity index (χ4n) is 3.71. The summed E-state index contributed by atoms with van der Waals surface area (Å²) < 4.78 is 17.9. The first kappa shape index (κ1) is 17.5. The van der Waals surface area contributed by atoms with Crippen molar-refractivity contribution in [2.45, 2.75) is 43.4 Å². The summed E-state index contributed by atoms with van der Waals surface area (Å²) in [6, 6.07) is 1.00. The predicted molar refractivity (Wildman–Crippen MR) is 83.8 cm³/mol. The maximum atomic E-state index is 6.07. The van der Waals surface area contributed by atoms with Gasteiger partial charge in [-0.05, 0) is 49.9 Å². The van der Waals surface area contributed by atoms with E-state index in [9.17, 15) is 0 Å². The summed E-state index contributed by atoms with van der Waals surface area (Å²) in [4.78, 5) is 0. The number of rotatable bonds is 8. The number of nitrogens with two attached hydrogens (primary N) is 1. The lowest BCUT2D eigenvalue weighted by molar-refractivity contribution is -0.0552. The molecule has 1 aliphatic heterocycles. The molecule has 4 nitrogen and oxygen atoms in total. The Labute approximate surface area is 124 Å². The fraction of sp³-hybridized carbons (Fsp3) is 1.00. The average molecular weight is 308 g/mol. The van der Waals surface area contributed by atoms with Crippen LogP contribution < -0.4 is 5.73 Å². The monoisotopic (exact) mass is 307 g/mol. The molecule has 2 N–H and O–H groups in total. The Kier molecular flexibility index (Phi) is 7.35. The number of thiol groups is 1. The first-order chi connectivity index (χ1) is 9.16. The van der Waals surface area contributed by atoms with E-state index in [1.807, 2.05) is 0 Å². The lowest BCUT2D eigenvalue weighted by Gasteiger charge is -2.52. The highest BCUT2D eigenvalue weighted by atomic mass is 32.1. The Morgan fingerprint density at radius 2 is 2.00 bits per heavy atom. The molecule has 1 fully saturated rings. The van der Waals surface area contributed by atoms with Crippen LogP contribution in [-0.4, -0.2) is 47.4 Å². The van der Waals surface area contributed by atoms with Gasteiger partial charge < -0.3 is 19.3 Å². The molecular weight excluding hydrogens is 278 g/mol. The SMILES string of the molecule is COC1(CCCS)C(CCN)CCC[Si]1(OC)OC. The molecule has 0 amide bonds. The van der Waals surface area contributed by atoms with Gasteiger partial charge in [0.25, 0.3) is 0 Å². The van der Waals surface area contributed by atoms with Crippen molar-refractivity contribution >= 4 is 21.2 Å². The zero-order valence-corrected chi connectivity index (χ0v) is 14.4. The Balaban J connectivity index is 3.11. The van der Waals surface area contributed by atoms with Crippen molar-refractivity contribution in [1.82, 2.24) is 0 Å². The summed E-state index contributed by atoms with van der Waals surface area (Å²) in [5, 5.41) is -0.281. The molecule has 0 spiro atoms. The molecule has 0 aromatic rings. The normalized spacial score (nSPS) is 30.5. The van der Waals surface area contributed by atoms with Gasteiger partial charge in [-0.3, -0.25) is 0 Å². The Morgan fingerprint density at radius 1 is 1.32 bits per heavy atom. The van der Waals surface area contributed by atoms with E-state index in [1.165, 1.54) is 0 Å². The van der Waals surface area contributed by atoms with Crippen molar-refractivity contribution in [2.24, 2.45) is 11.7 Å². The van der Waals surface area contributed by atoms with Gasteiger partial charge in [-0.1, -0.05) is 6.42 Å². The number of methoxy groups -OCH3 is 1. The maximum Gasteiger partial charge on any atom is 0.371 e. The van der Waals surface area contributed by atoms with Gasteiger partial charge in [0, 0.05) is 21.3 Å². The zero-order valence-electron chi connectivity index (χ0n) is 12.5. The van der Waals surface area contributed by atoms with Crippen LogP contribution in [0.25, 0.3) is 0 Å². The first-order valence-corrected chi connectivity index (χ1v) is 9.78. The van der Waals surface area contributed by atoms with Crippen LogP contribution >= 0.6 is 12.6 Å². The molecule has 2 atom stereocenters. The lowest BCUT2D eigenvalue weighted by atomic mass is 9.89. The summed E-state index contributed by atoms with van der Waals surface area (Å²) in [6.45, 7) is 0.689. The van der Waals surface area contributed by atoms with E-state index in [-0.39, 0.29) is 5.22 Å². The van der Waals surface area contributed by atoms with Crippen molar-refractivity contribution in [3.8, 4) is 0 Å². The van der Waals surface area contributed by atoms with Gasteiger partial charge in [0.2, 0.25) is 0 Å². The molecule has 6 heteroatoms. The second-order valence-corrected chi connectivity index (χ2v) is 9.36. The third-order valence-electron chi connectivity index (χ3n) is 4.61. The third-order valence-corrected chi connectivity index (χ3v) is 9.41. The lowest BCUT2D eigenvalue weighted by Crippen LogP contribution is -2.68. The molecule has 19 heavy (non-hydrogen) atoms. The van der Waals surface area contributed by atoms with Gasteiger partial charge in [-0.15, -0.1) is 0 Å². The summed E-state index contributed by atoms with van der Waals surface area (Å²) >= 11 is 4.35. The van der Waals surface area contributed by atoms with E-state index in [4.69, 9.17) is 19.3 Å². The van der Waals surface area contributed by atoms with Gasteiger partial charge in [-0.25, -0.2) is 0 Å². The van der Waals surface area contributed by atoms with Crippen molar-refractivity contribution < 1.29 is 13.6 Å². The summed E-state index contributed by atoms with van der Waals surface area (Å²) in [7, 11) is 2.98. The topological polar surface area (TPSA) is 53.7 Å². The Morgan fingerprint density at radius 3 is 2.47 bits per heavy atom. The van der Waals surface area contributed by atoms with E-state index in [2.05, 4.69) is 12.6 Å². The van der Waals surface area contributed by atoms with Crippen LogP contribution in [0, 0.1) is 5.92 Å². The minimum atomic E-state index is -2.36. The highest BCUT2D eigenvalue weighted by Crippen LogP contribution is 2.47. The number of hydrogen-bond acceptors (Lipinski definition) is 5. The van der Waals surface area contributed by atoms with Crippen LogP contribution in [0.3, 0.4) is 0 Å². The fourth-order valence-corrected chi connectivity index (χ4v) is 8.01. The molecule has 1 aliphatic rings. The molecule has 0 bridgehead atoms. The van der Waals surface area contributed by atoms with Crippen molar-refractivity contribution in [2.75, 3.05) is 33.6 Å². The molecule has 2 unspecified atom stereocenters. The third kappa shape index (κ3) is 3.19. The predicted octanol–water partition coefficient (Wildman–Crippen LogP) is 2.11. The van der Waals surface area contributed by atoms with Crippen LogP contribution in [0.2, 0.25) is 6.04 Å². The average Bonchev–Trinajstić information content (AvgIpc) is 2.46. The van der Waals surface area contributed by atoms with E-state index in [0.29, 0.717) is 12.5 Å². The van der Waals surface area contributed by atoms with Crippen molar-refractivity contribution in [3.63, 3.8) is 0 Å². The molecule has 0 saturated carbocycles. The molecule has 0 aromatic heterocycles. The van der Waals surface area contributed by atoms with Gasteiger partial charge in [0.1, 0.15) is 5.22 Å². The molecule has 1 heterocycles. The first-order valence-electron chi connectivity index (χ1n) is 7.12. The second-order valence-electron chi connectivity index (χ2n) is 5.25. The van der Waals surface area contributed by atoms with Gasteiger partial charge in [-0.2, -0.15) is 12.6 Å².